The van der Waals surface area contributed by atoms with Crippen molar-refractivity contribution < 1.29 is 9.47 Å². The first kappa shape index (κ1) is 13.9. The van der Waals surface area contributed by atoms with Crippen LogP contribution in [0.25, 0.3) is 0 Å². The standard InChI is InChI=1S/C16H23NO2/c1-3-5-6-9-13(17-4-2)16-12-18-14-10-7-8-11-15(14)19-16/h3,7-8,10-11,13,16-17H,1,4-6,9,12H2,2H3. The predicted molar refractivity (Wildman–Crippen MR) is 77.9 cm³/mol. The molecule has 104 valence electrons. The number of hydrogen-bond acceptors (Lipinski definition) is 3. The van der Waals surface area contributed by atoms with Crippen molar-refractivity contribution in [2.45, 2.75) is 38.3 Å². The Kier molecular flexibility index (Phi) is 5.28. The van der Waals surface area contributed by atoms with Crippen molar-refractivity contribution in [1.29, 1.82) is 0 Å². The molecule has 3 heteroatoms. The van der Waals surface area contributed by atoms with E-state index in [9.17, 15) is 0 Å². The summed E-state index contributed by atoms with van der Waals surface area (Å²) in [6, 6.07) is 8.19. The molecule has 0 bridgehead atoms. The van der Waals surface area contributed by atoms with Gasteiger partial charge in [0.1, 0.15) is 12.7 Å². The Morgan fingerprint density at radius 1 is 1.42 bits per heavy atom. The van der Waals surface area contributed by atoms with E-state index in [4.69, 9.17) is 9.47 Å². The van der Waals surface area contributed by atoms with Gasteiger partial charge in [0.2, 0.25) is 0 Å². The van der Waals surface area contributed by atoms with Crippen molar-refractivity contribution in [3.8, 4) is 11.5 Å². The first-order chi connectivity index (χ1) is 9.35. The second-order valence-electron chi connectivity index (χ2n) is 4.80. The Hall–Kier alpha value is -1.48. The Morgan fingerprint density at radius 3 is 2.95 bits per heavy atom. The molecule has 0 fully saturated rings. The molecule has 0 radical (unpaired) electrons. The summed E-state index contributed by atoms with van der Waals surface area (Å²) in [5.41, 5.74) is 0. The van der Waals surface area contributed by atoms with Crippen LogP contribution in [0.5, 0.6) is 11.5 Å². The summed E-state index contributed by atoms with van der Waals surface area (Å²) in [6.45, 7) is 7.45. The lowest BCUT2D eigenvalue weighted by Gasteiger charge is -2.32. The van der Waals surface area contributed by atoms with Crippen molar-refractivity contribution in [3.05, 3.63) is 36.9 Å². The van der Waals surface area contributed by atoms with Crippen LogP contribution >= 0.6 is 0 Å². The normalized spacial score (nSPS) is 18.9. The van der Waals surface area contributed by atoms with Gasteiger partial charge in [-0.2, -0.15) is 0 Å². The topological polar surface area (TPSA) is 30.5 Å². The average molecular weight is 261 g/mol. The summed E-state index contributed by atoms with van der Waals surface area (Å²) >= 11 is 0. The molecule has 2 atom stereocenters. The third kappa shape index (κ3) is 3.74. The molecule has 0 aliphatic carbocycles. The second kappa shape index (κ2) is 7.19. The summed E-state index contributed by atoms with van der Waals surface area (Å²) in [6.07, 6.45) is 5.31. The van der Waals surface area contributed by atoms with Gasteiger partial charge in [0.25, 0.3) is 0 Å². The molecule has 0 saturated carbocycles. The molecule has 2 rings (SSSR count). The lowest BCUT2D eigenvalue weighted by Crippen LogP contribution is -2.47. The number of fused-ring (bicyclic) bond motifs is 1. The number of unbranched alkanes of at least 4 members (excludes halogenated alkanes) is 1. The molecule has 1 aliphatic rings. The zero-order valence-electron chi connectivity index (χ0n) is 11.6. The minimum absolute atomic E-state index is 0.0830. The van der Waals surface area contributed by atoms with Crippen LogP contribution in [0, 0.1) is 0 Å². The van der Waals surface area contributed by atoms with E-state index in [1.807, 2.05) is 30.3 Å². The molecule has 1 aromatic carbocycles. The first-order valence-electron chi connectivity index (χ1n) is 7.08. The van der Waals surface area contributed by atoms with Gasteiger partial charge in [0.05, 0.1) is 0 Å². The fraction of sp³-hybridized carbons (Fsp3) is 0.500. The average Bonchev–Trinajstić information content (AvgIpc) is 2.46. The highest BCUT2D eigenvalue weighted by molar-refractivity contribution is 5.40. The second-order valence-corrected chi connectivity index (χ2v) is 4.80. The molecule has 3 nitrogen and oxygen atoms in total. The number of ether oxygens (including phenoxy) is 2. The maximum atomic E-state index is 6.06. The smallest absolute Gasteiger partial charge is 0.161 e. The fourth-order valence-corrected chi connectivity index (χ4v) is 2.40. The van der Waals surface area contributed by atoms with Crippen LogP contribution in [0.2, 0.25) is 0 Å². The van der Waals surface area contributed by atoms with Crippen molar-refractivity contribution >= 4 is 0 Å². The maximum Gasteiger partial charge on any atom is 0.161 e. The molecule has 19 heavy (non-hydrogen) atoms. The Labute approximate surface area is 115 Å². The lowest BCUT2D eigenvalue weighted by molar-refractivity contribution is 0.0594. The van der Waals surface area contributed by atoms with Crippen LogP contribution in [-0.4, -0.2) is 25.3 Å². The van der Waals surface area contributed by atoms with Crippen molar-refractivity contribution in [2.75, 3.05) is 13.2 Å². The molecule has 0 amide bonds. The lowest BCUT2D eigenvalue weighted by atomic mass is 10.0. The Bertz CT molecular complexity index is 405. The van der Waals surface area contributed by atoms with Gasteiger partial charge in [0.15, 0.2) is 11.5 Å². The van der Waals surface area contributed by atoms with E-state index in [0.717, 1.165) is 37.3 Å². The molecular weight excluding hydrogens is 238 g/mol. The summed E-state index contributed by atoms with van der Waals surface area (Å²) < 4.78 is 11.8. The summed E-state index contributed by atoms with van der Waals surface area (Å²) in [5.74, 6) is 1.70. The minimum Gasteiger partial charge on any atom is -0.486 e. The molecule has 0 spiro atoms. The van der Waals surface area contributed by atoms with Crippen molar-refractivity contribution in [3.63, 3.8) is 0 Å². The Balaban J connectivity index is 1.97. The van der Waals surface area contributed by atoms with Gasteiger partial charge < -0.3 is 14.8 Å². The molecule has 1 aromatic rings. The predicted octanol–water partition coefficient (Wildman–Crippen LogP) is 3.16. The first-order valence-corrected chi connectivity index (χ1v) is 7.08. The quantitative estimate of drug-likeness (QED) is 0.604. The number of allylic oxidation sites excluding steroid dienone is 1. The number of likely N-dealkylation sites (N-methyl/N-ethyl adjacent to an activating group) is 1. The highest BCUT2D eigenvalue weighted by atomic mass is 16.6. The van der Waals surface area contributed by atoms with Gasteiger partial charge in [-0.05, 0) is 37.9 Å². The number of hydrogen-bond donors (Lipinski definition) is 1. The number of benzene rings is 1. The number of rotatable bonds is 7. The molecule has 1 aliphatic heterocycles. The third-order valence-electron chi connectivity index (χ3n) is 3.37. The number of nitrogens with one attached hydrogen (secondary N) is 1. The fourth-order valence-electron chi connectivity index (χ4n) is 2.40. The third-order valence-corrected chi connectivity index (χ3v) is 3.37. The highest BCUT2D eigenvalue weighted by Crippen LogP contribution is 2.32. The zero-order chi connectivity index (χ0) is 13.5. The van der Waals surface area contributed by atoms with Gasteiger partial charge in [0, 0.05) is 6.04 Å². The highest BCUT2D eigenvalue weighted by Gasteiger charge is 2.27. The van der Waals surface area contributed by atoms with Gasteiger partial charge in [-0.15, -0.1) is 6.58 Å². The van der Waals surface area contributed by atoms with E-state index >= 15 is 0 Å². The van der Waals surface area contributed by atoms with E-state index in [0.29, 0.717) is 12.6 Å². The molecule has 0 aromatic heterocycles. The molecule has 1 N–H and O–H groups in total. The van der Waals surface area contributed by atoms with Crippen LogP contribution in [0.4, 0.5) is 0 Å². The van der Waals surface area contributed by atoms with Crippen LogP contribution < -0.4 is 14.8 Å². The molecule has 0 saturated heterocycles. The molecular formula is C16H23NO2. The summed E-state index contributed by atoms with van der Waals surface area (Å²) in [5, 5.41) is 3.50. The maximum absolute atomic E-state index is 6.06. The summed E-state index contributed by atoms with van der Waals surface area (Å²) in [4.78, 5) is 0. The van der Waals surface area contributed by atoms with Crippen molar-refractivity contribution in [1.82, 2.24) is 5.32 Å². The van der Waals surface area contributed by atoms with Gasteiger partial charge in [-0.25, -0.2) is 0 Å². The van der Waals surface area contributed by atoms with Gasteiger partial charge >= 0.3 is 0 Å². The van der Waals surface area contributed by atoms with Crippen LogP contribution in [-0.2, 0) is 0 Å². The van der Waals surface area contributed by atoms with E-state index in [2.05, 4.69) is 18.8 Å². The number of para-hydroxylation sites is 2. The van der Waals surface area contributed by atoms with Gasteiger partial charge in [-0.3, -0.25) is 0 Å². The summed E-state index contributed by atoms with van der Waals surface area (Å²) in [7, 11) is 0. The van der Waals surface area contributed by atoms with E-state index in [-0.39, 0.29) is 6.10 Å². The Morgan fingerprint density at radius 2 is 2.21 bits per heavy atom. The van der Waals surface area contributed by atoms with Crippen LogP contribution in [0.3, 0.4) is 0 Å². The zero-order valence-corrected chi connectivity index (χ0v) is 11.6. The largest absolute Gasteiger partial charge is 0.486 e. The molecule has 1 heterocycles. The SMILES string of the molecule is C=CCCCC(NCC)C1COc2ccccc2O1. The van der Waals surface area contributed by atoms with Gasteiger partial charge in [-0.1, -0.05) is 25.1 Å². The van der Waals surface area contributed by atoms with E-state index < -0.39 is 0 Å². The van der Waals surface area contributed by atoms with Crippen molar-refractivity contribution in [2.24, 2.45) is 0 Å². The van der Waals surface area contributed by atoms with E-state index in [1.165, 1.54) is 0 Å². The monoisotopic (exact) mass is 261 g/mol. The van der Waals surface area contributed by atoms with Crippen LogP contribution in [0.15, 0.2) is 36.9 Å². The van der Waals surface area contributed by atoms with Crippen LogP contribution in [0.1, 0.15) is 26.2 Å². The van der Waals surface area contributed by atoms with E-state index in [1.54, 1.807) is 0 Å². The minimum atomic E-state index is 0.0830. The molecule has 2 unspecified atom stereocenters.